The second-order valence-electron chi connectivity index (χ2n) is 4.06. The Hall–Kier alpha value is -1.23. The standard InChI is InChI=1S/C11H14BrN3O/c1-6-4-8(12)10(5-9(6)13)15-11(16)14-7-2-3-7/h4-5,7H,2-3,13H2,1H3,(H2,14,15,16). The first-order valence-corrected chi connectivity index (χ1v) is 5.98. The fourth-order valence-electron chi connectivity index (χ4n) is 1.36. The van der Waals surface area contributed by atoms with Crippen LogP contribution in [0.2, 0.25) is 0 Å². The maximum atomic E-state index is 11.5. The van der Waals surface area contributed by atoms with E-state index in [2.05, 4.69) is 26.6 Å². The first-order valence-electron chi connectivity index (χ1n) is 5.19. The first-order chi connectivity index (χ1) is 7.56. The fraction of sp³-hybridized carbons (Fsp3) is 0.364. The molecular weight excluding hydrogens is 270 g/mol. The number of urea groups is 1. The summed E-state index contributed by atoms with van der Waals surface area (Å²) >= 11 is 3.39. The summed E-state index contributed by atoms with van der Waals surface area (Å²) in [4.78, 5) is 11.5. The van der Waals surface area contributed by atoms with Crippen LogP contribution in [-0.4, -0.2) is 12.1 Å². The predicted octanol–water partition coefficient (Wildman–Crippen LogP) is 2.62. The number of benzene rings is 1. The number of amides is 2. The summed E-state index contributed by atoms with van der Waals surface area (Å²) in [6.45, 7) is 1.92. The minimum Gasteiger partial charge on any atom is -0.398 e. The average Bonchev–Trinajstić information content (AvgIpc) is 2.98. The van der Waals surface area contributed by atoms with Gasteiger partial charge in [0.25, 0.3) is 0 Å². The Bertz CT molecular complexity index is 429. The van der Waals surface area contributed by atoms with Crippen LogP contribution in [0.1, 0.15) is 18.4 Å². The number of carbonyl (C=O) groups excluding carboxylic acids is 1. The van der Waals surface area contributed by atoms with Crippen LogP contribution in [0.4, 0.5) is 16.2 Å². The van der Waals surface area contributed by atoms with Crippen LogP contribution in [0.15, 0.2) is 16.6 Å². The Morgan fingerprint density at radius 2 is 2.19 bits per heavy atom. The van der Waals surface area contributed by atoms with Gasteiger partial charge in [-0.3, -0.25) is 0 Å². The second-order valence-corrected chi connectivity index (χ2v) is 4.92. The molecule has 1 aliphatic rings. The van der Waals surface area contributed by atoms with Crippen molar-refractivity contribution in [2.45, 2.75) is 25.8 Å². The Morgan fingerprint density at radius 3 is 2.81 bits per heavy atom. The molecular formula is C11H14BrN3O. The lowest BCUT2D eigenvalue weighted by molar-refractivity contribution is 0.251. The highest BCUT2D eigenvalue weighted by Crippen LogP contribution is 2.28. The van der Waals surface area contributed by atoms with E-state index in [1.165, 1.54) is 0 Å². The van der Waals surface area contributed by atoms with Crippen molar-refractivity contribution in [2.24, 2.45) is 0 Å². The molecule has 0 spiro atoms. The SMILES string of the molecule is Cc1cc(Br)c(NC(=O)NC2CC2)cc1N. The Kier molecular flexibility index (Phi) is 3.05. The monoisotopic (exact) mass is 283 g/mol. The van der Waals surface area contributed by atoms with Crippen molar-refractivity contribution in [1.29, 1.82) is 0 Å². The van der Waals surface area contributed by atoms with Gasteiger partial charge in [0.1, 0.15) is 0 Å². The zero-order chi connectivity index (χ0) is 11.7. The van der Waals surface area contributed by atoms with Crippen LogP contribution in [-0.2, 0) is 0 Å². The molecule has 0 aliphatic heterocycles. The molecule has 1 fully saturated rings. The van der Waals surface area contributed by atoms with Gasteiger partial charge in [0.2, 0.25) is 0 Å². The molecule has 0 bridgehead atoms. The van der Waals surface area contributed by atoms with Gasteiger partial charge in [0.05, 0.1) is 5.69 Å². The summed E-state index contributed by atoms with van der Waals surface area (Å²) < 4.78 is 0.838. The summed E-state index contributed by atoms with van der Waals surface area (Å²) in [5.41, 5.74) is 8.14. The molecule has 1 aliphatic carbocycles. The summed E-state index contributed by atoms with van der Waals surface area (Å²) in [6, 6.07) is 3.82. The van der Waals surface area contributed by atoms with Crippen molar-refractivity contribution < 1.29 is 4.79 Å². The van der Waals surface area contributed by atoms with E-state index in [-0.39, 0.29) is 6.03 Å². The number of hydrogen-bond donors (Lipinski definition) is 3. The number of aryl methyl sites for hydroxylation is 1. The summed E-state index contributed by atoms with van der Waals surface area (Å²) in [6.07, 6.45) is 2.15. The van der Waals surface area contributed by atoms with E-state index in [1.807, 2.05) is 13.0 Å². The molecule has 0 atom stereocenters. The largest absolute Gasteiger partial charge is 0.398 e. The number of rotatable bonds is 2. The normalized spacial score (nSPS) is 14.6. The molecule has 5 heteroatoms. The molecule has 86 valence electrons. The smallest absolute Gasteiger partial charge is 0.319 e. The highest BCUT2D eigenvalue weighted by molar-refractivity contribution is 9.10. The summed E-state index contributed by atoms with van der Waals surface area (Å²) in [5, 5.41) is 5.62. The van der Waals surface area contributed by atoms with Crippen LogP contribution in [0, 0.1) is 6.92 Å². The molecule has 0 radical (unpaired) electrons. The Balaban J connectivity index is 2.07. The van der Waals surface area contributed by atoms with Gasteiger partial charge in [-0.2, -0.15) is 0 Å². The molecule has 0 saturated heterocycles. The van der Waals surface area contributed by atoms with E-state index in [4.69, 9.17) is 5.73 Å². The van der Waals surface area contributed by atoms with Crippen LogP contribution in [0.5, 0.6) is 0 Å². The van der Waals surface area contributed by atoms with Crippen molar-refractivity contribution in [3.63, 3.8) is 0 Å². The third-order valence-corrected chi connectivity index (χ3v) is 3.17. The molecule has 4 nitrogen and oxygen atoms in total. The molecule has 0 heterocycles. The summed E-state index contributed by atoms with van der Waals surface area (Å²) in [5.74, 6) is 0. The number of hydrogen-bond acceptors (Lipinski definition) is 2. The topological polar surface area (TPSA) is 67.2 Å². The van der Waals surface area contributed by atoms with Gasteiger partial charge in [0.15, 0.2) is 0 Å². The number of nitrogens with two attached hydrogens (primary N) is 1. The fourth-order valence-corrected chi connectivity index (χ4v) is 1.91. The number of carbonyl (C=O) groups is 1. The quantitative estimate of drug-likeness (QED) is 0.731. The zero-order valence-corrected chi connectivity index (χ0v) is 10.6. The van der Waals surface area contributed by atoms with Crippen molar-refractivity contribution in [3.05, 3.63) is 22.2 Å². The number of nitrogens with one attached hydrogen (secondary N) is 2. The highest BCUT2D eigenvalue weighted by atomic mass is 79.9. The van der Waals surface area contributed by atoms with Gasteiger partial charge < -0.3 is 16.4 Å². The average molecular weight is 284 g/mol. The lowest BCUT2D eigenvalue weighted by atomic mass is 10.2. The van der Waals surface area contributed by atoms with E-state index < -0.39 is 0 Å². The molecule has 0 unspecified atom stereocenters. The Morgan fingerprint density at radius 1 is 1.50 bits per heavy atom. The van der Waals surface area contributed by atoms with E-state index in [0.29, 0.717) is 17.4 Å². The number of anilines is 2. The van der Waals surface area contributed by atoms with E-state index in [1.54, 1.807) is 6.07 Å². The van der Waals surface area contributed by atoms with Crippen molar-refractivity contribution in [3.8, 4) is 0 Å². The molecule has 2 rings (SSSR count). The summed E-state index contributed by atoms with van der Waals surface area (Å²) in [7, 11) is 0. The predicted molar refractivity (Wildman–Crippen MR) is 68.5 cm³/mol. The van der Waals surface area contributed by atoms with E-state index >= 15 is 0 Å². The second kappa shape index (κ2) is 4.33. The van der Waals surface area contributed by atoms with Gasteiger partial charge >= 0.3 is 6.03 Å². The molecule has 4 N–H and O–H groups in total. The third kappa shape index (κ3) is 2.66. The van der Waals surface area contributed by atoms with Crippen LogP contribution < -0.4 is 16.4 Å². The van der Waals surface area contributed by atoms with Crippen LogP contribution in [0.25, 0.3) is 0 Å². The zero-order valence-electron chi connectivity index (χ0n) is 9.01. The minimum absolute atomic E-state index is 0.175. The molecule has 16 heavy (non-hydrogen) atoms. The van der Waals surface area contributed by atoms with Gasteiger partial charge in [-0.05, 0) is 53.4 Å². The van der Waals surface area contributed by atoms with Crippen molar-refractivity contribution in [2.75, 3.05) is 11.1 Å². The molecule has 0 aromatic heterocycles. The van der Waals surface area contributed by atoms with Crippen LogP contribution >= 0.6 is 15.9 Å². The van der Waals surface area contributed by atoms with Crippen LogP contribution in [0.3, 0.4) is 0 Å². The van der Waals surface area contributed by atoms with Crippen molar-refractivity contribution in [1.82, 2.24) is 5.32 Å². The van der Waals surface area contributed by atoms with Crippen molar-refractivity contribution >= 4 is 33.3 Å². The third-order valence-electron chi connectivity index (χ3n) is 2.52. The lowest BCUT2D eigenvalue weighted by Crippen LogP contribution is -2.30. The maximum absolute atomic E-state index is 11.5. The van der Waals surface area contributed by atoms with Gasteiger partial charge in [-0.1, -0.05) is 0 Å². The molecule has 2 amide bonds. The van der Waals surface area contributed by atoms with E-state index in [0.717, 1.165) is 22.9 Å². The van der Waals surface area contributed by atoms with Gasteiger partial charge in [-0.15, -0.1) is 0 Å². The van der Waals surface area contributed by atoms with Gasteiger partial charge in [0, 0.05) is 16.2 Å². The highest BCUT2D eigenvalue weighted by Gasteiger charge is 2.23. The first kappa shape index (κ1) is 11.3. The van der Waals surface area contributed by atoms with E-state index in [9.17, 15) is 4.79 Å². The molecule has 1 saturated carbocycles. The van der Waals surface area contributed by atoms with Gasteiger partial charge in [-0.25, -0.2) is 4.79 Å². The number of halogens is 1. The number of nitrogen functional groups attached to an aromatic ring is 1. The molecule has 1 aromatic carbocycles. The minimum atomic E-state index is -0.175. The Labute approximate surface area is 103 Å². The molecule has 1 aromatic rings. The lowest BCUT2D eigenvalue weighted by Gasteiger charge is -2.10. The maximum Gasteiger partial charge on any atom is 0.319 e.